The summed E-state index contributed by atoms with van der Waals surface area (Å²) in [4.78, 5) is 20.1. The van der Waals surface area contributed by atoms with Crippen molar-refractivity contribution in [3.05, 3.63) is 51.6 Å². The summed E-state index contributed by atoms with van der Waals surface area (Å²) in [5, 5.41) is 6.40. The summed E-state index contributed by atoms with van der Waals surface area (Å²) < 4.78 is 0. The molecule has 2 N–H and O–H groups in total. The number of nitrogens with zero attached hydrogens (tertiary/aromatic N) is 1. The first kappa shape index (κ1) is 16.7. The Bertz CT molecular complexity index is 737. The molecule has 0 radical (unpaired) electrons. The lowest BCUT2D eigenvalue weighted by Gasteiger charge is -1.97. The van der Waals surface area contributed by atoms with Crippen molar-refractivity contribution in [3.63, 3.8) is 0 Å². The van der Waals surface area contributed by atoms with Crippen LogP contribution in [0.25, 0.3) is 10.9 Å². The monoisotopic (exact) mass is 335 g/mol. The summed E-state index contributed by atoms with van der Waals surface area (Å²) in [5.74, 6) is 0.0363. The number of hydrogen-bond acceptors (Lipinski definition) is 4. The second-order valence-electron chi connectivity index (χ2n) is 4.70. The molecule has 0 saturated heterocycles. The second kappa shape index (κ2) is 8.08. The highest BCUT2D eigenvalue weighted by Gasteiger charge is 2.09. The standard InChI is InChI=1S/C11H12ClN3O.C5H6S/c1-2-13-6-10(16)8-3-7-4-11(12)14-5-9(7)15-8;1-5-3-2-4-6-5/h3-5,13,15H,2,6H2,1H3;2-4H,1H3. The van der Waals surface area contributed by atoms with Gasteiger partial charge in [-0.25, -0.2) is 4.98 Å². The Labute approximate surface area is 138 Å². The number of aromatic nitrogens is 2. The highest BCUT2D eigenvalue weighted by Crippen LogP contribution is 2.17. The molecule has 0 fully saturated rings. The van der Waals surface area contributed by atoms with Gasteiger partial charge < -0.3 is 10.3 Å². The van der Waals surface area contributed by atoms with Crippen LogP contribution < -0.4 is 5.32 Å². The van der Waals surface area contributed by atoms with Crippen LogP contribution in [-0.4, -0.2) is 28.8 Å². The fraction of sp³-hybridized carbons (Fsp3) is 0.250. The second-order valence-corrected chi connectivity index (χ2v) is 6.24. The van der Waals surface area contributed by atoms with Crippen LogP contribution in [0, 0.1) is 6.92 Å². The predicted molar refractivity (Wildman–Crippen MR) is 93.0 cm³/mol. The molecule has 0 aromatic carbocycles. The molecule has 0 amide bonds. The summed E-state index contributed by atoms with van der Waals surface area (Å²) in [7, 11) is 0. The van der Waals surface area contributed by atoms with Gasteiger partial charge in [-0.1, -0.05) is 24.6 Å². The maximum absolute atomic E-state index is 11.7. The first-order valence-corrected chi connectivity index (χ1v) is 8.24. The minimum Gasteiger partial charge on any atom is -0.351 e. The fourth-order valence-corrected chi connectivity index (χ4v) is 2.54. The summed E-state index contributed by atoms with van der Waals surface area (Å²) in [5.41, 5.74) is 1.41. The number of aromatic amines is 1. The fourth-order valence-electron chi connectivity index (χ4n) is 1.85. The van der Waals surface area contributed by atoms with E-state index in [9.17, 15) is 4.79 Å². The lowest BCUT2D eigenvalue weighted by Crippen LogP contribution is -2.22. The van der Waals surface area contributed by atoms with E-state index in [1.807, 2.05) is 6.92 Å². The van der Waals surface area contributed by atoms with Crippen molar-refractivity contribution in [2.75, 3.05) is 13.1 Å². The van der Waals surface area contributed by atoms with E-state index in [0.717, 1.165) is 17.4 Å². The molecule has 3 aromatic rings. The summed E-state index contributed by atoms with van der Waals surface area (Å²) >= 11 is 7.55. The zero-order chi connectivity index (χ0) is 15.9. The van der Waals surface area contributed by atoms with Gasteiger partial charge in [-0.15, -0.1) is 11.3 Å². The number of fused-ring (bicyclic) bond motifs is 1. The number of Topliss-reactive ketones (excluding diaryl/α,β-unsaturated/α-hetero) is 1. The molecule has 0 aliphatic carbocycles. The molecule has 0 saturated carbocycles. The summed E-state index contributed by atoms with van der Waals surface area (Å²) in [6.45, 7) is 5.18. The molecular formula is C16H18ClN3OS. The molecule has 0 aliphatic rings. The van der Waals surface area contributed by atoms with Gasteiger partial charge in [-0.05, 0) is 37.0 Å². The van der Waals surface area contributed by atoms with E-state index in [4.69, 9.17) is 11.6 Å². The average molecular weight is 336 g/mol. The molecule has 116 valence electrons. The van der Waals surface area contributed by atoms with Crippen LogP contribution >= 0.6 is 22.9 Å². The predicted octanol–water partition coefficient (Wildman–Crippen LogP) is 4.07. The summed E-state index contributed by atoms with van der Waals surface area (Å²) in [6, 6.07) is 7.69. The number of carbonyl (C=O) groups excluding carboxylic acids is 1. The van der Waals surface area contributed by atoms with Crippen molar-refractivity contribution in [1.82, 2.24) is 15.3 Å². The van der Waals surface area contributed by atoms with Crippen LogP contribution in [0.5, 0.6) is 0 Å². The molecule has 0 spiro atoms. The zero-order valence-electron chi connectivity index (χ0n) is 12.5. The van der Waals surface area contributed by atoms with Crippen LogP contribution in [0.2, 0.25) is 5.15 Å². The number of H-pyrrole nitrogens is 1. The van der Waals surface area contributed by atoms with Crippen molar-refractivity contribution in [2.24, 2.45) is 0 Å². The Hall–Kier alpha value is -1.69. The van der Waals surface area contributed by atoms with Gasteiger partial charge in [0.05, 0.1) is 24.0 Å². The van der Waals surface area contributed by atoms with Crippen LogP contribution in [-0.2, 0) is 0 Å². The number of ketones is 1. The van der Waals surface area contributed by atoms with Crippen LogP contribution in [0.15, 0.2) is 35.8 Å². The van der Waals surface area contributed by atoms with Gasteiger partial charge in [0.15, 0.2) is 5.78 Å². The van der Waals surface area contributed by atoms with Crippen molar-refractivity contribution in [3.8, 4) is 0 Å². The van der Waals surface area contributed by atoms with Crippen LogP contribution in [0.1, 0.15) is 22.3 Å². The molecule has 0 unspecified atom stereocenters. The number of likely N-dealkylation sites (N-methyl/N-ethyl adjacent to an activating group) is 1. The van der Waals surface area contributed by atoms with E-state index in [2.05, 4.69) is 39.7 Å². The topological polar surface area (TPSA) is 57.8 Å². The SMILES string of the molecule is CCNCC(=O)c1cc2cc(Cl)ncc2[nH]1.Cc1cccs1. The Morgan fingerprint density at radius 1 is 1.45 bits per heavy atom. The van der Waals surface area contributed by atoms with Crippen molar-refractivity contribution in [2.45, 2.75) is 13.8 Å². The van der Waals surface area contributed by atoms with E-state index in [-0.39, 0.29) is 5.78 Å². The molecule has 6 heteroatoms. The third-order valence-electron chi connectivity index (χ3n) is 2.97. The Morgan fingerprint density at radius 3 is 2.86 bits per heavy atom. The van der Waals surface area contributed by atoms with E-state index in [1.54, 1.807) is 29.7 Å². The Balaban J connectivity index is 0.000000246. The number of hydrogen-bond donors (Lipinski definition) is 2. The van der Waals surface area contributed by atoms with Gasteiger partial charge in [0.25, 0.3) is 0 Å². The van der Waals surface area contributed by atoms with Gasteiger partial charge >= 0.3 is 0 Å². The first-order valence-electron chi connectivity index (χ1n) is 6.98. The van der Waals surface area contributed by atoms with Gasteiger partial charge in [0.1, 0.15) is 5.15 Å². The van der Waals surface area contributed by atoms with Crippen molar-refractivity contribution < 1.29 is 4.79 Å². The molecule has 0 aliphatic heterocycles. The largest absolute Gasteiger partial charge is 0.351 e. The number of rotatable bonds is 4. The highest BCUT2D eigenvalue weighted by molar-refractivity contribution is 7.09. The molecule has 0 atom stereocenters. The Kier molecular flexibility index (Phi) is 6.12. The lowest BCUT2D eigenvalue weighted by molar-refractivity contribution is 0.0988. The maximum Gasteiger partial charge on any atom is 0.192 e. The maximum atomic E-state index is 11.7. The molecule has 3 rings (SSSR count). The van der Waals surface area contributed by atoms with Gasteiger partial charge in [0, 0.05) is 10.3 Å². The van der Waals surface area contributed by atoms with Crippen molar-refractivity contribution >= 4 is 39.6 Å². The molecular weight excluding hydrogens is 318 g/mol. The quantitative estimate of drug-likeness (QED) is 0.558. The molecule has 4 nitrogen and oxygen atoms in total. The number of thiophene rings is 1. The molecule has 3 aromatic heterocycles. The normalized spacial score (nSPS) is 10.3. The highest BCUT2D eigenvalue weighted by atomic mass is 35.5. The number of carbonyl (C=O) groups is 1. The number of nitrogens with one attached hydrogen (secondary N) is 2. The third kappa shape index (κ3) is 4.66. The summed E-state index contributed by atoms with van der Waals surface area (Å²) in [6.07, 6.45) is 1.63. The van der Waals surface area contributed by atoms with Crippen LogP contribution in [0.3, 0.4) is 0 Å². The van der Waals surface area contributed by atoms with E-state index in [1.165, 1.54) is 4.88 Å². The number of halogens is 1. The van der Waals surface area contributed by atoms with E-state index >= 15 is 0 Å². The molecule has 22 heavy (non-hydrogen) atoms. The van der Waals surface area contributed by atoms with Gasteiger partial charge in [0.2, 0.25) is 0 Å². The molecule has 0 bridgehead atoms. The zero-order valence-corrected chi connectivity index (χ0v) is 14.1. The Morgan fingerprint density at radius 2 is 2.27 bits per heavy atom. The number of aryl methyl sites for hydroxylation is 1. The first-order chi connectivity index (χ1) is 10.6. The third-order valence-corrected chi connectivity index (χ3v) is 3.98. The minimum absolute atomic E-state index is 0.0363. The minimum atomic E-state index is 0.0363. The van der Waals surface area contributed by atoms with Gasteiger partial charge in [-0.3, -0.25) is 4.79 Å². The van der Waals surface area contributed by atoms with Crippen molar-refractivity contribution in [1.29, 1.82) is 0 Å². The molecule has 3 heterocycles. The van der Waals surface area contributed by atoms with E-state index in [0.29, 0.717) is 17.4 Å². The smallest absolute Gasteiger partial charge is 0.192 e. The number of pyridine rings is 1. The average Bonchev–Trinajstić information content (AvgIpc) is 3.13. The van der Waals surface area contributed by atoms with Gasteiger partial charge in [-0.2, -0.15) is 0 Å². The lowest BCUT2D eigenvalue weighted by atomic mass is 10.2. The van der Waals surface area contributed by atoms with E-state index < -0.39 is 0 Å². The van der Waals surface area contributed by atoms with Crippen LogP contribution in [0.4, 0.5) is 0 Å².